The second-order valence-corrected chi connectivity index (χ2v) is 5.26. The summed E-state index contributed by atoms with van der Waals surface area (Å²) in [5, 5.41) is 1.89. The van der Waals surface area contributed by atoms with Crippen molar-refractivity contribution < 1.29 is 9.13 Å². The van der Waals surface area contributed by atoms with Gasteiger partial charge in [0, 0.05) is 37.2 Å². The van der Waals surface area contributed by atoms with E-state index in [1.165, 1.54) is 6.20 Å². The van der Waals surface area contributed by atoms with Gasteiger partial charge in [-0.3, -0.25) is 5.43 Å². The van der Waals surface area contributed by atoms with Crippen molar-refractivity contribution in [2.45, 2.75) is 6.10 Å². The molecule has 3 aromatic heterocycles. The number of rotatable bonds is 3. The average molecular weight is 327 g/mol. The molecule has 1 atom stereocenters. The van der Waals surface area contributed by atoms with E-state index in [9.17, 15) is 4.39 Å². The molecule has 0 aromatic carbocycles. The third-order valence-corrected chi connectivity index (χ3v) is 3.69. The van der Waals surface area contributed by atoms with E-state index >= 15 is 0 Å². The first-order chi connectivity index (χ1) is 11.8. The minimum atomic E-state index is -0.512. The summed E-state index contributed by atoms with van der Waals surface area (Å²) in [6.45, 7) is 1.53. The molecular weight excluding hydrogens is 313 g/mol. The van der Waals surface area contributed by atoms with Gasteiger partial charge in [0.05, 0.1) is 12.8 Å². The van der Waals surface area contributed by atoms with Gasteiger partial charge in [-0.05, 0) is 6.07 Å². The van der Waals surface area contributed by atoms with Gasteiger partial charge < -0.3 is 4.74 Å². The molecule has 0 saturated carbocycles. The zero-order valence-electron chi connectivity index (χ0n) is 12.6. The first-order valence-corrected chi connectivity index (χ1v) is 7.47. The second-order valence-electron chi connectivity index (χ2n) is 5.26. The van der Waals surface area contributed by atoms with Gasteiger partial charge in [-0.15, -0.1) is 0 Å². The van der Waals surface area contributed by atoms with Crippen LogP contribution < -0.4 is 5.43 Å². The highest BCUT2D eigenvalue weighted by Gasteiger charge is 2.25. The quantitative estimate of drug-likeness (QED) is 0.721. The summed E-state index contributed by atoms with van der Waals surface area (Å²) >= 11 is 0. The van der Waals surface area contributed by atoms with Gasteiger partial charge in [0.15, 0.2) is 5.65 Å². The molecule has 1 saturated heterocycles. The maximum Gasteiger partial charge on any atom is 0.239 e. The third kappa shape index (κ3) is 2.99. The Balaban J connectivity index is 1.50. The number of hydrogen-bond donors (Lipinski definition) is 1. The van der Waals surface area contributed by atoms with Crippen LogP contribution in [0.3, 0.4) is 0 Å². The molecule has 24 heavy (non-hydrogen) atoms. The van der Waals surface area contributed by atoms with Crippen LogP contribution in [0, 0.1) is 5.95 Å². The number of nitrogens with one attached hydrogen (secondary N) is 1. The molecule has 1 N–H and O–H groups in total. The number of hydrazine groups is 1. The Kier molecular flexibility index (Phi) is 3.93. The highest BCUT2D eigenvalue weighted by atomic mass is 19.1. The van der Waals surface area contributed by atoms with Crippen LogP contribution in [-0.4, -0.2) is 49.6 Å². The standard InChI is InChI=1S/C15H14FN7O/c16-13-10(2-1-3-18-13)12-9-23(6-7-24-12)22-15-20-8-11-14(21-15)19-5-4-17-11/h1-5,8,12H,6-7,9H2,(H,19,20,21,22). The molecule has 9 heteroatoms. The maximum atomic E-state index is 13.8. The number of fused-ring (bicyclic) bond motifs is 1. The van der Waals surface area contributed by atoms with E-state index < -0.39 is 12.1 Å². The van der Waals surface area contributed by atoms with Crippen LogP contribution in [0.2, 0.25) is 0 Å². The Hall–Kier alpha value is -2.78. The Morgan fingerprint density at radius 2 is 2.08 bits per heavy atom. The van der Waals surface area contributed by atoms with E-state index in [2.05, 4.69) is 30.3 Å². The molecule has 0 radical (unpaired) electrons. The Bertz CT molecular complexity index is 862. The topological polar surface area (TPSA) is 89.0 Å². The zero-order valence-corrected chi connectivity index (χ0v) is 12.6. The fraction of sp³-hybridized carbons (Fsp3) is 0.267. The van der Waals surface area contributed by atoms with E-state index in [-0.39, 0.29) is 0 Å². The minimum Gasteiger partial charge on any atom is -0.371 e. The maximum absolute atomic E-state index is 13.8. The highest BCUT2D eigenvalue weighted by Crippen LogP contribution is 2.23. The van der Waals surface area contributed by atoms with Crippen molar-refractivity contribution in [3.63, 3.8) is 0 Å². The van der Waals surface area contributed by atoms with Gasteiger partial charge in [-0.1, -0.05) is 6.07 Å². The molecule has 0 spiro atoms. The molecule has 1 aliphatic heterocycles. The molecule has 1 fully saturated rings. The lowest BCUT2D eigenvalue weighted by atomic mass is 10.1. The molecule has 0 amide bonds. The largest absolute Gasteiger partial charge is 0.371 e. The lowest BCUT2D eigenvalue weighted by molar-refractivity contribution is -0.0236. The number of hydrogen-bond acceptors (Lipinski definition) is 8. The van der Waals surface area contributed by atoms with Crippen LogP contribution in [0.5, 0.6) is 0 Å². The Morgan fingerprint density at radius 3 is 3.00 bits per heavy atom. The molecule has 1 aliphatic rings. The molecule has 0 aliphatic carbocycles. The van der Waals surface area contributed by atoms with Gasteiger partial charge in [0.25, 0.3) is 0 Å². The van der Waals surface area contributed by atoms with E-state index in [0.717, 1.165) is 0 Å². The Labute approximate surface area is 136 Å². The van der Waals surface area contributed by atoms with Crippen molar-refractivity contribution in [2.75, 3.05) is 25.1 Å². The van der Waals surface area contributed by atoms with Crippen LogP contribution in [0.15, 0.2) is 36.9 Å². The fourth-order valence-electron chi connectivity index (χ4n) is 2.54. The summed E-state index contributed by atoms with van der Waals surface area (Å²) in [7, 11) is 0. The van der Waals surface area contributed by atoms with Crippen molar-refractivity contribution in [3.8, 4) is 0 Å². The molecule has 3 aromatic rings. The van der Waals surface area contributed by atoms with Crippen LogP contribution in [0.25, 0.3) is 11.2 Å². The van der Waals surface area contributed by atoms with Gasteiger partial charge in [0.2, 0.25) is 11.9 Å². The van der Waals surface area contributed by atoms with Crippen molar-refractivity contribution in [1.29, 1.82) is 0 Å². The van der Waals surface area contributed by atoms with E-state index in [1.807, 2.05) is 5.01 Å². The number of anilines is 1. The predicted molar refractivity (Wildman–Crippen MR) is 83.2 cm³/mol. The summed E-state index contributed by atoms with van der Waals surface area (Å²) in [5.41, 5.74) is 4.69. The van der Waals surface area contributed by atoms with Crippen molar-refractivity contribution >= 4 is 17.1 Å². The molecule has 1 unspecified atom stereocenters. The lowest BCUT2D eigenvalue weighted by Gasteiger charge is -2.32. The second kappa shape index (κ2) is 6.38. The zero-order chi connectivity index (χ0) is 16.4. The summed E-state index contributed by atoms with van der Waals surface area (Å²) in [6, 6.07) is 3.37. The van der Waals surface area contributed by atoms with Gasteiger partial charge in [0.1, 0.15) is 11.6 Å². The summed E-state index contributed by atoms with van der Waals surface area (Å²) in [4.78, 5) is 20.5. The minimum absolute atomic E-state index is 0.403. The van der Waals surface area contributed by atoms with Crippen LogP contribution in [0.1, 0.15) is 11.7 Å². The first-order valence-electron chi connectivity index (χ1n) is 7.47. The van der Waals surface area contributed by atoms with Gasteiger partial charge in [-0.2, -0.15) is 9.37 Å². The number of ether oxygens (including phenoxy) is 1. The van der Waals surface area contributed by atoms with Crippen LogP contribution in [-0.2, 0) is 4.74 Å². The van der Waals surface area contributed by atoms with Crippen molar-refractivity contribution in [2.24, 2.45) is 0 Å². The van der Waals surface area contributed by atoms with Gasteiger partial charge >= 0.3 is 0 Å². The Morgan fingerprint density at radius 1 is 1.17 bits per heavy atom. The number of halogens is 1. The monoisotopic (exact) mass is 327 g/mol. The van der Waals surface area contributed by atoms with Crippen LogP contribution in [0.4, 0.5) is 10.3 Å². The normalized spacial score (nSPS) is 18.6. The van der Waals surface area contributed by atoms with Gasteiger partial charge in [-0.25, -0.2) is 24.9 Å². The smallest absolute Gasteiger partial charge is 0.239 e. The molecule has 4 rings (SSSR count). The average Bonchev–Trinajstić information content (AvgIpc) is 2.62. The third-order valence-electron chi connectivity index (χ3n) is 3.69. The van der Waals surface area contributed by atoms with E-state index in [4.69, 9.17) is 4.74 Å². The molecular formula is C15H14FN7O. The summed E-state index contributed by atoms with van der Waals surface area (Å²) in [6.07, 6.45) is 5.79. The SMILES string of the molecule is Fc1ncccc1C1CN(Nc2ncc3nccnc3n2)CCO1. The number of nitrogens with zero attached hydrogens (tertiary/aromatic N) is 6. The molecule has 0 bridgehead atoms. The van der Waals surface area contributed by atoms with Crippen molar-refractivity contribution in [3.05, 3.63) is 48.4 Å². The van der Waals surface area contributed by atoms with Crippen LogP contribution >= 0.6 is 0 Å². The van der Waals surface area contributed by atoms with E-state index in [1.54, 1.807) is 30.7 Å². The molecule has 8 nitrogen and oxygen atoms in total. The summed E-state index contributed by atoms with van der Waals surface area (Å²) < 4.78 is 19.5. The number of aromatic nitrogens is 5. The predicted octanol–water partition coefficient (Wildman–Crippen LogP) is 1.35. The number of pyridine rings is 1. The fourth-order valence-corrected chi connectivity index (χ4v) is 2.54. The first kappa shape index (κ1) is 14.8. The van der Waals surface area contributed by atoms with Crippen molar-refractivity contribution in [1.82, 2.24) is 29.9 Å². The highest BCUT2D eigenvalue weighted by molar-refractivity contribution is 5.68. The molecule has 4 heterocycles. The number of morpholine rings is 1. The molecule has 122 valence electrons. The van der Waals surface area contributed by atoms with E-state index in [0.29, 0.717) is 42.4 Å². The summed E-state index contributed by atoms with van der Waals surface area (Å²) in [5.74, 6) is -0.100. The lowest BCUT2D eigenvalue weighted by Crippen LogP contribution is -2.42.